The molecule has 0 radical (unpaired) electrons. The molecule has 8 heteroatoms. The molecule has 0 spiro atoms. The minimum atomic E-state index is -3.92. The van der Waals surface area contributed by atoms with E-state index in [0.717, 1.165) is 16.4 Å². The second kappa shape index (κ2) is 7.84. The monoisotopic (exact) mass is 385 g/mol. The van der Waals surface area contributed by atoms with Crippen molar-refractivity contribution in [1.82, 2.24) is 0 Å². The lowest BCUT2D eigenvalue weighted by molar-refractivity contribution is 0.0526. The van der Waals surface area contributed by atoms with E-state index in [9.17, 15) is 17.6 Å². The van der Waals surface area contributed by atoms with E-state index in [1.165, 1.54) is 30.3 Å². The van der Waals surface area contributed by atoms with Crippen LogP contribution in [0.1, 0.15) is 24.2 Å². The van der Waals surface area contributed by atoms with Gasteiger partial charge >= 0.3 is 5.97 Å². The first-order chi connectivity index (χ1) is 11.8. The van der Waals surface area contributed by atoms with Crippen LogP contribution in [0.5, 0.6) is 0 Å². The zero-order chi connectivity index (χ0) is 18.6. The van der Waals surface area contributed by atoms with E-state index in [4.69, 9.17) is 16.3 Å². The van der Waals surface area contributed by atoms with Crippen LogP contribution in [0.3, 0.4) is 0 Å². The Morgan fingerprint density at radius 2 is 1.80 bits per heavy atom. The van der Waals surface area contributed by atoms with Crippen LogP contribution in [0.2, 0.25) is 5.02 Å². The van der Waals surface area contributed by atoms with Crippen molar-refractivity contribution in [1.29, 1.82) is 0 Å². The smallest absolute Gasteiger partial charge is 0.339 e. The largest absolute Gasteiger partial charge is 0.462 e. The molecule has 0 atom stereocenters. The zero-order valence-electron chi connectivity index (χ0n) is 13.7. The summed E-state index contributed by atoms with van der Waals surface area (Å²) in [4.78, 5) is 11.9. The highest BCUT2D eigenvalue weighted by molar-refractivity contribution is 7.92. The molecule has 0 unspecified atom stereocenters. The van der Waals surface area contributed by atoms with Gasteiger partial charge in [-0.2, -0.15) is 0 Å². The summed E-state index contributed by atoms with van der Waals surface area (Å²) in [6, 6.07) is 8.83. The number of benzene rings is 2. The maximum Gasteiger partial charge on any atom is 0.339 e. The van der Waals surface area contributed by atoms with Gasteiger partial charge in [0, 0.05) is 6.54 Å². The molecule has 2 rings (SSSR count). The van der Waals surface area contributed by atoms with Gasteiger partial charge in [0.05, 0.1) is 27.8 Å². The molecule has 0 aromatic heterocycles. The van der Waals surface area contributed by atoms with Crippen LogP contribution in [-0.2, 0) is 14.8 Å². The van der Waals surface area contributed by atoms with Crippen LogP contribution in [0.4, 0.5) is 10.1 Å². The molecule has 2 aromatic rings. The van der Waals surface area contributed by atoms with Crippen molar-refractivity contribution in [2.75, 3.05) is 17.5 Å². The van der Waals surface area contributed by atoms with Crippen molar-refractivity contribution in [3.05, 3.63) is 58.9 Å². The standard InChI is InChI=1S/C17H17ClFNO4S/c1-3-20(25(22,23)14-8-5-12(19)6-9-14)13-7-10-16(18)15(11-13)17(21)24-4-2/h5-11H,3-4H2,1-2H3. The molecule has 5 nitrogen and oxygen atoms in total. The quantitative estimate of drug-likeness (QED) is 0.708. The number of hydrogen-bond donors (Lipinski definition) is 0. The number of halogens is 2. The highest BCUT2D eigenvalue weighted by Crippen LogP contribution is 2.28. The van der Waals surface area contributed by atoms with Crippen molar-refractivity contribution < 1.29 is 22.3 Å². The van der Waals surface area contributed by atoms with Gasteiger partial charge in [-0.25, -0.2) is 17.6 Å². The summed E-state index contributed by atoms with van der Waals surface area (Å²) in [7, 11) is -3.92. The fourth-order valence-corrected chi connectivity index (χ4v) is 3.92. The summed E-state index contributed by atoms with van der Waals surface area (Å²) in [5.41, 5.74) is 0.341. The number of nitrogens with zero attached hydrogens (tertiary/aromatic N) is 1. The minimum absolute atomic E-state index is 0.0524. The van der Waals surface area contributed by atoms with Crippen LogP contribution in [-0.4, -0.2) is 27.5 Å². The first-order valence-corrected chi connectivity index (χ1v) is 9.38. The second-order valence-corrected chi connectivity index (χ2v) is 7.28. The Morgan fingerprint density at radius 1 is 1.16 bits per heavy atom. The second-order valence-electron chi connectivity index (χ2n) is 5.01. The molecule has 0 aliphatic carbocycles. The van der Waals surface area contributed by atoms with E-state index in [-0.39, 0.29) is 34.3 Å². The molecule has 0 saturated carbocycles. The number of hydrogen-bond acceptors (Lipinski definition) is 4. The van der Waals surface area contributed by atoms with Gasteiger partial charge in [0.1, 0.15) is 5.82 Å². The number of carbonyl (C=O) groups excluding carboxylic acids is 1. The van der Waals surface area contributed by atoms with Crippen molar-refractivity contribution >= 4 is 33.3 Å². The molecule has 2 aromatic carbocycles. The fourth-order valence-electron chi connectivity index (χ4n) is 2.26. The number of ether oxygens (including phenoxy) is 1. The Morgan fingerprint density at radius 3 is 2.36 bits per heavy atom. The molecule has 0 aliphatic heterocycles. The molecular formula is C17H17ClFNO4S. The summed E-state index contributed by atoms with van der Waals surface area (Å²) in [5.74, 6) is -1.16. The summed E-state index contributed by atoms with van der Waals surface area (Å²) < 4.78 is 44.7. The van der Waals surface area contributed by atoms with Gasteiger partial charge in [0.2, 0.25) is 0 Å². The van der Waals surface area contributed by atoms with Crippen LogP contribution in [0, 0.1) is 5.82 Å². The summed E-state index contributed by atoms with van der Waals surface area (Å²) in [5, 5.41) is 0.164. The molecule has 0 amide bonds. The number of esters is 1. The summed E-state index contributed by atoms with van der Waals surface area (Å²) in [6.45, 7) is 3.60. The highest BCUT2D eigenvalue weighted by atomic mass is 35.5. The topological polar surface area (TPSA) is 63.7 Å². The normalized spacial score (nSPS) is 11.2. The van der Waals surface area contributed by atoms with E-state index in [2.05, 4.69) is 0 Å². The van der Waals surface area contributed by atoms with Crippen molar-refractivity contribution in [2.45, 2.75) is 18.7 Å². The fraction of sp³-hybridized carbons (Fsp3) is 0.235. The SMILES string of the molecule is CCOC(=O)c1cc(N(CC)S(=O)(=O)c2ccc(F)cc2)ccc1Cl. The Labute approximate surface area is 151 Å². The molecule has 0 saturated heterocycles. The average molecular weight is 386 g/mol. The lowest BCUT2D eigenvalue weighted by Crippen LogP contribution is -2.31. The first-order valence-electron chi connectivity index (χ1n) is 7.56. The molecule has 0 fully saturated rings. The molecule has 0 aliphatic rings. The minimum Gasteiger partial charge on any atom is -0.462 e. The van der Waals surface area contributed by atoms with E-state index in [1.807, 2.05) is 0 Å². The number of sulfonamides is 1. The van der Waals surface area contributed by atoms with Gasteiger partial charge in [-0.1, -0.05) is 11.6 Å². The van der Waals surface area contributed by atoms with Gasteiger partial charge in [-0.05, 0) is 56.3 Å². The predicted octanol–water partition coefficient (Wildman–Crippen LogP) is 3.87. The number of carbonyl (C=O) groups is 1. The molecule has 0 bridgehead atoms. The maximum atomic E-state index is 13.1. The van der Waals surface area contributed by atoms with Crippen molar-refractivity contribution in [3.63, 3.8) is 0 Å². The lowest BCUT2D eigenvalue weighted by atomic mass is 10.2. The van der Waals surface area contributed by atoms with E-state index >= 15 is 0 Å². The van der Waals surface area contributed by atoms with E-state index in [1.54, 1.807) is 13.8 Å². The third kappa shape index (κ3) is 4.11. The first kappa shape index (κ1) is 19.2. The van der Waals surface area contributed by atoms with Crippen molar-refractivity contribution in [3.8, 4) is 0 Å². The van der Waals surface area contributed by atoms with Gasteiger partial charge in [-0.3, -0.25) is 4.31 Å². The molecule has 0 heterocycles. The molecule has 25 heavy (non-hydrogen) atoms. The van der Waals surface area contributed by atoms with Crippen molar-refractivity contribution in [2.24, 2.45) is 0 Å². The highest BCUT2D eigenvalue weighted by Gasteiger charge is 2.25. The Hall–Kier alpha value is -2.12. The summed E-state index contributed by atoms with van der Waals surface area (Å²) >= 11 is 6.01. The average Bonchev–Trinajstić information content (AvgIpc) is 2.57. The van der Waals surface area contributed by atoms with Gasteiger partial charge in [-0.15, -0.1) is 0 Å². The Bertz CT molecular complexity index is 869. The third-order valence-electron chi connectivity index (χ3n) is 3.42. The van der Waals surface area contributed by atoms with Crippen LogP contribution < -0.4 is 4.31 Å². The van der Waals surface area contributed by atoms with Gasteiger partial charge < -0.3 is 4.74 Å². The predicted molar refractivity (Wildman–Crippen MR) is 94.0 cm³/mol. The zero-order valence-corrected chi connectivity index (χ0v) is 15.3. The van der Waals surface area contributed by atoms with E-state index < -0.39 is 21.8 Å². The number of rotatable bonds is 6. The van der Waals surface area contributed by atoms with E-state index in [0.29, 0.717) is 0 Å². The molecule has 0 N–H and O–H groups in total. The van der Waals surface area contributed by atoms with Crippen LogP contribution >= 0.6 is 11.6 Å². The number of anilines is 1. The van der Waals surface area contributed by atoms with Gasteiger partial charge in [0.25, 0.3) is 10.0 Å². The van der Waals surface area contributed by atoms with Crippen LogP contribution in [0.15, 0.2) is 47.4 Å². The Balaban J connectivity index is 2.48. The molecule has 134 valence electrons. The Kier molecular flexibility index (Phi) is 6.02. The molecular weight excluding hydrogens is 369 g/mol. The summed E-state index contributed by atoms with van der Waals surface area (Å²) in [6.07, 6.45) is 0. The van der Waals surface area contributed by atoms with Crippen LogP contribution in [0.25, 0.3) is 0 Å². The third-order valence-corrected chi connectivity index (χ3v) is 5.67. The maximum absolute atomic E-state index is 13.1. The lowest BCUT2D eigenvalue weighted by Gasteiger charge is -2.23. The van der Waals surface area contributed by atoms with Gasteiger partial charge in [0.15, 0.2) is 0 Å².